The number of aromatic nitrogens is 3. The van der Waals surface area contributed by atoms with E-state index in [2.05, 4.69) is 121 Å². The minimum atomic E-state index is 0.673. The van der Waals surface area contributed by atoms with Crippen LogP contribution < -0.4 is 0 Å². The van der Waals surface area contributed by atoms with E-state index in [0.717, 1.165) is 16.7 Å². The van der Waals surface area contributed by atoms with Gasteiger partial charge in [0.05, 0.1) is 0 Å². The minimum absolute atomic E-state index is 0.673. The van der Waals surface area contributed by atoms with E-state index >= 15 is 0 Å². The summed E-state index contributed by atoms with van der Waals surface area (Å²) >= 11 is 3.61. The molecule has 3 nitrogen and oxygen atoms in total. The van der Waals surface area contributed by atoms with Crippen molar-refractivity contribution in [1.29, 1.82) is 0 Å². The molecule has 3 aromatic heterocycles. The van der Waals surface area contributed by atoms with Crippen molar-refractivity contribution in [2.24, 2.45) is 0 Å². The Morgan fingerprint density at radius 1 is 0.364 bits per heavy atom. The molecule has 5 heteroatoms. The Bertz CT molecular complexity index is 2500. The molecule has 6 aromatic carbocycles. The standard InChI is InChI=1S/C39H23N3S2/c1-3-11-24(12-4-1)27-16-10-20-33-35(27)30-22-21-26(23-34(30)43-33)38-40-37(25-13-5-2-6-14-25)41-39(42-38)31-18-9-17-29-28-15-7-8-19-32(28)44-36(29)31/h1-23H. The van der Waals surface area contributed by atoms with Gasteiger partial charge in [-0.1, -0.05) is 115 Å². The first-order chi connectivity index (χ1) is 21.8. The van der Waals surface area contributed by atoms with Gasteiger partial charge < -0.3 is 0 Å². The number of rotatable bonds is 4. The SMILES string of the molecule is c1ccc(-c2nc(-c3ccc4c(c3)sc3cccc(-c5ccccc5)c34)nc(-c3cccc4c3sc3ccccc34)n2)cc1. The highest BCUT2D eigenvalue weighted by molar-refractivity contribution is 7.26. The van der Waals surface area contributed by atoms with Crippen LogP contribution in [0.4, 0.5) is 0 Å². The van der Waals surface area contributed by atoms with Crippen molar-refractivity contribution in [3.05, 3.63) is 140 Å². The zero-order chi connectivity index (χ0) is 29.0. The van der Waals surface area contributed by atoms with Crippen LogP contribution in [0.1, 0.15) is 0 Å². The molecule has 0 atom stereocenters. The lowest BCUT2D eigenvalue weighted by Gasteiger charge is -2.09. The number of nitrogens with zero attached hydrogens (tertiary/aromatic N) is 3. The molecule has 0 aliphatic heterocycles. The molecule has 0 N–H and O–H groups in total. The van der Waals surface area contributed by atoms with E-state index in [9.17, 15) is 0 Å². The predicted molar refractivity (Wildman–Crippen MR) is 187 cm³/mol. The fourth-order valence-electron chi connectivity index (χ4n) is 6.09. The Morgan fingerprint density at radius 2 is 1.00 bits per heavy atom. The maximum Gasteiger partial charge on any atom is 0.165 e. The van der Waals surface area contributed by atoms with Crippen LogP contribution in [0.3, 0.4) is 0 Å². The van der Waals surface area contributed by atoms with Crippen LogP contribution in [0.25, 0.3) is 85.6 Å². The molecule has 44 heavy (non-hydrogen) atoms. The third kappa shape index (κ3) is 4.13. The van der Waals surface area contributed by atoms with Gasteiger partial charge in [0.2, 0.25) is 0 Å². The second kappa shape index (κ2) is 10.2. The smallest absolute Gasteiger partial charge is 0.165 e. The fourth-order valence-corrected chi connectivity index (χ4v) is 8.47. The second-order valence-corrected chi connectivity index (χ2v) is 12.9. The molecule has 0 saturated carbocycles. The van der Waals surface area contributed by atoms with E-state index in [1.165, 1.54) is 51.5 Å². The third-order valence-electron chi connectivity index (χ3n) is 8.15. The normalized spacial score (nSPS) is 11.6. The first-order valence-electron chi connectivity index (χ1n) is 14.5. The molecule has 0 aliphatic carbocycles. The van der Waals surface area contributed by atoms with Crippen molar-refractivity contribution in [2.75, 3.05) is 0 Å². The molecule has 0 bridgehead atoms. The number of hydrogen-bond acceptors (Lipinski definition) is 5. The Hall–Kier alpha value is -5.23. The van der Waals surface area contributed by atoms with Crippen molar-refractivity contribution >= 4 is 63.0 Å². The van der Waals surface area contributed by atoms with Crippen molar-refractivity contribution < 1.29 is 0 Å². The highest BCUT2D eigenvalue weighted by atomic mass is 32.1. The molecule has 3 heterocycles. The summed E-state index contributed by atoms with van der Waals surface area (Å²) in [5.74, 6) is 2.04. The lowest BCUT2D eigenvalue weighted by molar-refractivity contribution is 1.08. The molecule has 0 unspecified atom stereocenters. The minimum Gasteiger partial charge on any atom is -0.208 e. The predicted octanol–water partition coefficient (Wildman–Crippen LogP) is 11.3. The Morgan fingerprint density at radius 3 is 1.84 bits per heavy atom. The maximum atomic E-state index is 5.13. The lowest BCUT2D eigenvalue weighted by Crippen LogP contribution is -2.00. The third-order valence-corrected chi connectivity index (χ3v) is 10.5. The van der Waals surface area contributed by atoms with E-state index in [4.69, 9.17) is 15.0 Å². The van der Waals surface area contributed by atoms with Gasteiger partial charge in [-0.2, -0.15) is 0 Å². The first-order valence-corrected chi connectivity index (χ1v) is 16.2. The van der Waals surface area contributed by atoms with Gasteiger partial charge in [0, 0.05) is 57.0 Å². The molecule has 9 aromatic rings. The highest BCUT2D eigenvalue weighted by Crippen LogP contribution is 2.42. The van der Waals surface area contributed by atoms with Crippen molar-refractivity contribution in [3.63, 3.8) is 0 Å². The van der Waals surface area contributed by atoms with E-state index < -0.39 is 0 Å². The van der Waals surface area contributed by atoms with Crippen LogP contribution in [0.15, 0.2) is 140 Å². The number of benzene rings is 6. The van der Waals surface area contributed by atoms with Gasteiger partial charge in [0.25, 0.3) is 0 Å². The molecular weight excluding hydrogens is 575 g/mol. The monoisotopic (exact) mass is 597 g/mol. The largest absolute Gasteiger partial charge is 0.208 e. The summed E-state index contributed by atoms with van der Waals surface area (Å²) in [5.41, 5.74) is 5.46. The average molecular weight is 598 g/mol. The Kier molecular flexibility index (Phi) is 5.86. The van der Waals surface area contributed by atoms with Crippen LogP contribution in [-0.4, -0.2) is 15.0 Å². The summed E-state index contributed by atoms with van der Waals surface area (Å²) in [6.45, 7) is 0. The summed E-state index contributed by atoms with van der Waals surface area (Å²) in [5, 5.41) is 5.04. The zero-order valence-corrected chi connectivity index (χ0v) is 25.1. The summed E-state index contributed by atoms with van der Waals surface area (Å²) in [6, 6.07) is 49.0. The summed E-state index contributed by atoms with van der Waals surface area (Å²) < 4.78 is 4.95. The van der Waals surface area contributed by atoms with E-state index in [1.807, 2.05) is 29.5 Å². The summed E-state index contributed by atoms with van der Waals surface area (Å²) in [4.78, 5) is 15.2. The number of fused-ring (bicyclic) bond motifs is 6. The van der Waals surface area contributed by atoms with Gasteiger partial charge in [0.1, 0.15) is 0 Å². The van der Waals surface area contributed by atoms with Crippen LogP contribution >= 0.6 is 22.7 Å². The fraction of sp³-hybridized carbons (Fsp3) is 0. The molecule has 0 amide bonds. The van der Waals surface area contributed by atoms with Gasteiger partial charge in [-0.05, 0) is 35.4 Å². The lowest BCUT2D eigenvalue weighted by atomic mass is 9.99. The first kappa shape index (κ1) is 25.3. The van der Waals surface area contributed by atoms with Gasteiger partial charge in [-0.25, -0.2) is 15.0 Å². The zero-order valence-electron chi connectivity index (χ0n) is 23.4. The van der Waals surface area contributed by atoms with Crippen molar-refractivity contribution in [1.82, 2.24) is 15.0 Å². The molecule has 0 aliphatic rings. The van der Waals surface area contributed by atoms with Gasteiger partial charge in [-0.3, -0.25) is 0 Å². The van der Waals surface area contributed by atoms with Crippen LogP contribution in [0, 0.1) is 0 Å². The highest BCUT2D eigenvalue weighted by Gasteiger charge is 2.18. The molecule has 0 fully saturated rings. The van der Waals surface area contributed by atoms with Gasteiger partial charge in [-0.15, -0.1) is 22.7 Å². The average Bonchev–Trinajstić information content (AvgIpc) is 3.67. The summed E-state index contributed by atoms with van der Waals surface area (Å²) in [6.07, 6.45) is 0. The number of hydrogen-bond donors (Lipinski definition) is 0. The van der Waals surface area contributed by atoms with Gasteiger partial charge in [0.15, 0.2) is 17.5 Å². The second-order valence-electron chi connectivity index (χ2n) is 10.8. The van der Waals surface area contributed by atoms with Crippen LogP contribution in [0.2, 0.25) is 0 Å². The topological polar surface area (TPSA) is 38.7 Å². The molecule has 206 valence electrons. The molecule has 0 spiro atoms. The molecule has 9 rings (SSSR count). The number of thiophene rings is 2. The quantitative estimate of drug-likeness (QED) is 0.203. The van der Waals surface area contributed by atoms with Crippen LogP contribution in [0.5, 0.6) is 0 Å². The molecular formula is C39H23N3S2. The summed E-state index contributed by atoms with van der Waals surface area (Å²) in [7, 11) is 0. The maximum absolute atomic E-state index is 5.13. The van der Waals surface area contributed by atoms with Crippen molar-refractivity contribution in [2.45, 2.75) is 0 Å². The Labute approximate surface area is 261 Å². The van der Waals surface area contributed by atoms with Crippen LogP contribution in [-0.2, 0) is 0 Å². The van der Waals surface area contributed by atoms with Gasteiger partial charge >= 0.3 is 0 Å². The molecule has 0 radical (unpaired) electrons. The van der Waals surface area contributed by atoms with E-state index in [1.54, 1.807) is 11.3 Å². The Balaban J connectivity index is 1.25. The van der Waals surface area contributed by atoms with Crippen molar-refractivity contribution in [3.8, 4) is 45.3 Å². The van der Waals surface area contributed by atoms with E-state index in [-0.39, 0.29) is 0 Å². The van der Waals surface area contributed by atoms with E-state index in [0.29, 0.717) is 17.5 Å². The molecule has 0 saturated heterocycles.